The van der Waals surface area contributed by atoms with Gasteiger partial charge in [-0.1, -0.05) is 30.7 Å². The predicted octanol–water partition coefficient (Wildman–Crippen LogP) is 3.88. The summed E-state index contributed by atoms with van der Waals surface area (Å²) in [6.45, 7) is 3.89. The fourth-order valence-corrected chi connectivity index (χ4v) is 1.73. The van der Waals surface area contributed by atoms with Crippen molar-refractivity contribution < 1.29 is 9.47 Å². The van der Waals surface area contributed by atoms with E-state index in [0.29, 0.717) is 29.9 Å². The van der Waals surface area contributed by atoms with E-state index in [1.54, 1.807) is 6.07 Å². The Morgan fingerprint density at radius 2 is 2.00 bits per heavy atom. The number of hydrogen-bond acceptors (Lipinski definition) is 2. The average molecular weight is 263 g/mol. The second kappa shape index (κ2) is 7.77. The summed E-state index contributed by atoms with van der Waals surface area (Å²) in [7, 11) is 0. The molecule has 1 aromatic carbocycles. The Kier molecular flexibility index (Phi) is 6.62. The van der Waals surface area contributed by atoms with Crippen LogP contribution in [0, 0.1) is 0 Å². The van der Waals surface area contributed by atoms with E-state index in [2.05, 4.69) is 6.92 Å². The number of para-hydroxylation sites is 1. The summed E-state index contributed by atoms with van der Waals surface area (Å²) in [5.74, 6) is 1.06. The highest BCUT2D eigenvalue weighted by molar-refractivity contribution is 6.32. The van der Waals surface area contributed by atoms with Crippen molar-refractivity contribution in [2.75, 3.05) is 19.8 Å². The maximum Gasteiger partial charge on any atom is 0.142 e. The lowest BCUT2D eigenvalue weighted by atomic mass is 10.2. The van der Waals surface area contributed by atoms with Crippen molar-refractivity contribution in [2.24, 2.45) is 0 Å². The zero-order valence-corrected chi connectivity index (χ0v) is 10.9. The van der Waals surface area contributed by atoms with E-state index in [9.17, 15) is 0 Å². The van der Waals surface area contributed by atoms with Crippen molar-refractivity contribution in [1.29, 1.82) is 0 Å². The van der Waals surface area contributed by atoms with E-state index < -0.39 is 0 Å². The van der Waals surface area contributed by atoms with Crippen LogP contribution in [0.1, 0.15) is 18.9 Å². The first-order valence-electron chi connectivity index (χ1n) is 5.33. The lowest BCUT2D eigenvalue weighted by Gasteiger charge is -2.11. The molecular formula is C12H16Cl2O2. The van der Waals surface area contributed by atoms with Gasteiger partial charge in [0.2, 0.25) is 0 Å². The number of rotatable bonds is 7. The van der Waals surface area contributed by atoms with Crippen LogP contribution < -0.4 is 4.74 Å². The molecule has 2 nitrogen and oxygen atoms in total. The highest BCUT2D eigenvalue weighted by Crippen LogP contribution is 2.29. The molecule has 0 spiro atoms. The quantitative estimate of drug-likeness (QED) is 0.549. The Bertz CT molecular complexity index is 316. The van der Waals surface area contributed by atoms with Gasteiger partial charge in [-0.05, 0) is 12.5 Å². The third kappa shape index (κ3) is 4.20. The molecule has 0 radical (unpaired) electrons. The van der Waals surface area contributed by atoms with E-state index in [-0.39, 0.29) is 0 Å². The van der Waals surface area contributed by atoms with Crippen molar-refractivity contribution in [3.05, 3.63) is 28.8 Å². The normalized spacial score (nSPS) is 10.4. The topological polar surface area (TPSA) is 18.5 Å². The molecule has 0 saturated heterocycles. The van der Waals surface area contributed by atoms with Crippen LogP contribution in [0.4, 0.5) is 0 Å². The first kappa shape index (κ1) is 13.6. The largest absolute Gasteiger partial charge is 0.489 e. The van der Waals surface area contributed by atoms with Gasteiger partial charge in [0.1, 0.15) is 12.4 Å². The van der Waals surface area contributed by atoms with Crippen molar-refractivity contribution in [2.45, 2.75) is 19.2 Å². The molecule has 90 valence electrons. The Morgan fingerprint density at radius 1 is 1.19 bits per heavy atom. The van der Waals surface area contributed by atoms with Crippen LogP contribution in [0.25, 0.3) is 0 Å². The molecule has 0 bridgehead atoms. The van der Waals surface area contributed by atoms with Crippen molar-refractivity contribution in [3.63, 3.8) is 0 Å². The van der Waals surface area contributed by atoms with E-state index in [1.165, 1.54) is 0 Å². The second-order valence-electron chi connectivity index (χ2n) is 3.32. The molecule has 0 unspecified atom stereocenters. The van der Waals surface area contributed by atoms with Gasteiger partial charge >= 0.3 is 0 Å². The van der Waals surface area contributed by atoms with Gasteiger partial charge in [-0.2, -0.15) is 0 Å². The fraction of sp³-hybridized carbons (Fsp3) is 0.500. The van der Waals surface area contributed by atoms with Crippen molar-refractivity contribution in [3.8, 4) is 5.75 Å². The molecule has 0 amide bonds. The highest BCUT2D eigenvalue weighted by Gasteiger charge is 2.06. The van der Waals surface area contributed by atoms with Crippen LogP contribution in [0.3, 0.4) is 0 Å². The summed E-state index contributed by atoms with van der Waals surface area (Å²) in [4.78, 5) is 0. The number of alkyl halides is 1. The van der Waals surface area contributed by atoms with Gasteiger partial charge in [0.05, 0.1) is 17.5 Å². The Labute approximate surface area is 106 Å². The van der Waals surface area contributed by atoms with Crippen molar-refractivity contribution in [1.82, 2.24) is 0 Å². The predicted molar refractivity (Wildman–Crippen MR) is 67.6 cm³/mol. The molecule has 0 aliphatic rings. The minimum absolute atomic E-state index is 0.395. The average Bonchev–Trinajstić information content (AvgIpc) is 2.30. The van der Waals surface area contributed by atoms with Gasteiger partial charge in [0.25, 0.3) is 0 Å². The molecule has 4 heteroatoms. The molecular weight excluding hydrogens is 247 g/mol. The summed E-state index contributed by atoms with van der Waals surface area (Å²) in [6, 6.07) is 5.56. The molecule has 0 aliphatic heterocycles. The van der Waals surface area contributed by atoms with Gasteiger partial charge in [0.15, 0.2) is 0 Å². The lowest BCUT2D eigenvalue weighted by molar-refractivity contribution is 0.100. The molecule has 16 heavy (non-hydrogen) atoms. The maximum atomic E-state index is 6.02. The molecule has 0 saturated carbocycles. The molecule has 0 heterocycles. The highest BCUT2D eigenvalue weighted by atomic mass is 35.5. The monoisotopic (exact) mass is 262 g/mol. The zero-order chi connectivity index (χ0) is 11.8. The summed E-state index contributed by atoms with van der Waals surface area (Å²) in [5.41, 5.74) is 0.907. The molecule has 0 aliphatic carbocycles. The summed E-state index contributed by atoms with van der Waals surface area (Å²) in [6.07, 6.45) is 1.01. The van der Waals surface area contributed by atoms with Gasteiger partial charge in [-0.15, -0.1) is 11.6 Å². The summed E-state index contributed by atoms with van der Waals surface area (Å²) < 4.78 is 10.9. The maximum absolute atomic E-state index is 6.02. The fourth-order valence-electron chi connectivity index (χ4n) is 1.27. The number of benzene rings is 1. The number of halogens is 2. The van der Waals surface area contributed by atoms with Crippen LogP contribution in [0.5, 0.6) is 5.75 Å². The first-order chi connectivity index (χ1) is 7.79. The van der Waals surface area contributed by atoms with E-state index in [4.69, 9.17) is 32.7 Å². The Balaban J connectivity index is 2.46. The summed E-state index contributed by atoms with van der Waals surface area (Å²) in [5, 5.41) is 0.591. The minimum Gasteiger partial charge on any atom is -0.489 e. The smallest absolute Gasteiger partial charge is 0.142 e. The lowest BCUT2D eigenvalue weighted by Crippen LogP contribution is -2.08. The second-order valence-corrected chi connectivity index (χ2v) is 4.00. The van der Waals surface area contributed by atoms with Crippen LogP contribution in [-0.4, -0.2) is 19.8 Å². The van der Waals surface area contributed by atoms with Crippen LogP contribution >= 0.6 is 23.2 Å². The third-order valence-electron chi connectivity index (χ3n) is 2.02. The zero-order valence-electron chi connectivity index (χ0n) is 9.34. The van der Waals surface area contributed by atoms with Crippen LogP contribution in [-0.2, 0) is 10.6 Å². The molecule has 1 aromatic rings. The van der Waals surface area contributed by atoms with E-state index >= 15 is 0 Å². The molecule has 0 fully saturated rings. The van der Waals surface area contributed by atoms with E-state index in [0.717, 1.165) is 18.6 Å². The molecule has 1 rings (SSSR count). The molecule has 0 atom stereocenters. The van der Waals surface area contributed by atoms with Crippen LogP contribution in [0.2, 0.25) is 5.02 Å². The Morgan fingerprint density at radius 3 is 2.69 bits per heavy atom. The van der Waals surface area contributed by atoms with E-state index in [1.807, 2.05) is 12.1 Å². The molecule has 0 N–H and O–H groups in total. The SMILES string of the molecule is CCCOCCOc1c(Cl)cccc1CCl. The number of hydrogen-bond donors (Lipinski definition) is 0. The first-order valence-corrected chi connectivity index (χ1v) is 6.24. The van der Waals surface area contributed by atoms with Crippen LogP contribution in [0.15, 0.2) is 18.2 Å². The Hall–Kier alpha value is -0.440. The van der Waals surface area contributed by atoms with Gasteiger partial charge in [-0.25, -0.2) is 0 Å². The van der Waals surface area contributed by atoms with Crippen molar-refractivity contribution >= 4 is 23.2 Å². The minimum atomic E-state index is 0.395. The van der Waals surface area contributed by atoms with Gasteiger partial charge in [0, 0.05) is 12.2 Å². The standard InChI is InChI=1S/C12H16Cl2O2/c1-2-6-15-7-8-16-12-10(9-13)4-3-5-11(12)14/h3-5H,2,6-9H2,1H3. The number of ether oxygens (including phenoxy) is 2. The van der Waals surface area contributed by atoms with Gasteiger partial charge in [-0.3, -0.25) is 0 Å². The van der Waals surface area contributed by atoms with Gasteiger partial charge < -0.3 is 9.47 Å². The third-order valence-corrected chi connectivity index (χ3v) is 2.60. The molecule has 0 aromatic heterocycles. The summed E-state index contributed by atoms with van der Waals surface area (Å²) >= 11 is 11.8.